The van der Waals surface area contributed by atoms with Gasteiger partial charge in [-0.25, -0.2) is 0 Å². The van der Waals surface area contributed by atoms with Gasteiger partial charge in [0.05, 0.1) is 6.85 Å². The van der Waals surface area contributed by atoms with Crippen LogP contribution in [0.1, 0.15) is 28.0 Å². The van der Waals surface area contributed by atoms with Gasteiger partial charge in [-0.15, -0.1) is 0 Å². The first-order chi connectivity index (χ1) is 8.24. The highest BCUT2D eigenvalue weighted by molar-refractivity contribution is 5.14. The molecule has 0 fully saturated rings. The van der Waals surface area contributed by atoms with Crippen molar-refractivity contribution in [2.45, 2.75) is 19.2 Å². The van der Waals surface area contributed by atoms with Gasteiger partial charge in [-0.3, -0.25) is 0 Å². The molecule has 0 unspecified atom stereocenters. The topological polar surface area (TPSA) is 20.2 Å². The maximum atomic E-state index is 8.70. The second-order valence-corrected chi connectivity index (χ2v) is 2.00. The molecular weight excluding hydrogens is 136 g/mol. The fourth-order valence-corrected chi connectivity index (χ4v) is 0.631. The van der Waals surface area contributed by atoms with E-state index in [1.54, 1.807) is 0 Å². The molecule has 0 atom stereocenters. The van der Waals surface area contributed by atoms with Gasteiger partial charge in [0.25, 0.3) is 0 Å². The summed E-state index contributed by atoms with van der Waals surface area (Å²) in [7, 11) is 0. The average molecular weight is 157 g/mol. The van der Waals surface area contributed by atoms with Crippen molar-refractivity contribution in [3.05, 3.63) is 35.8 Å². The summed E-state index contributed by atoms with van der Waals surface area (Å²) in [5, 5.41) is 8.70. The third kappa shape index (κ3) is 3.19. The molecule has 1 N–H and O–H groups in total. The molecule has 0 aliphatic heterocycles. The van der Waals surface area contributed by atoms with Crippen molar-refractivity contribution < 1.29 is 14.7 Å². The summed E-state index contributed by atoms with van der Waals surface area (Å²) in [6, 6.07) is -2.67. The summed E-state index contributed by atoms with van der Waals surface area (Å²) in [6.07, 6.45) is -2.00. The van der Waals surface area contributed by atoms with Crippen LogP contribution in [0.15, 0.2) is 30.2 Å². The van der Waals surface area contributed by atoms with Gasteiger partial charge in [-0.2, -0.15) is 0 Å². The molecule has 0 saturated carbocycles. The average Bonchev–Trinajstić information content (AvgIpc) is 2.31. The van der Waals surface area contributed by atoms with E-state index < -0.39 is 36.6 Å². The maximum absolute atomic E-state index is 8.70. The van der Waals surface area contributed by atoms with Gasteiger partial charge in [-0.05, 0) is 24.8 Å². The summed E-state index contributed by atoms with van der Waals surface area (Å²) >= 11 is 0. The maximum Gasteiger partial charge on any atom is 0.0626 e. The van der Waals surface area contributed by atoms with Gasteiger partial charge < -0.3 is 5.11 Å². The normalized spacial score (nSPS) is 20.3. The summed E-state index contributed by atoms with van der Waals surface area (Å²) in [6.45, 7) is -0.210. The minimum absolute atomic E-state index is 0.0997. The summed E-state index contributed by atoms with van der Waals surface area (Å²) in [5.41, 5.74) is -0.345. The molecule has 0 radical (unpaired) electrons. The quantitative estimate of drug-likeness (QED) is 0.708. The Morgan fingerprint density at radius 2 is 2.00 bits per heavy atom. The van der Waals surface area contributed by atoms with Crippen LogP contribution in [0, 0.1) is 0 Å². The van der Waals surface area contributed by atoms with Gasteiger partial charge in [0.15, 0.2) is 0 Å². The molecule has 0 bridgehead atoms. The van der Waals surface area contributed by atoms with Crippen molar-refractivity contribution in [2.24, 2.45) is 0 Å². The van der Waals surface area contributed by atoms with E-state index in [9.17, 15) is 0 Å². The van der Waals surface area contributed by atoms with Gasteiger partial charge in [0.1, 0.15) is 0 Å². The molecule has 1 nitrogen and oxygen atoms in total. The number of aliphatic hydroxyl groups is 1. The minimum Gasteiger partial charge on any atom is -0.396 e. The van der Waals surface area contributed by atoms with Gasteiger partial charge in [-0.1, -0.05) is 30.2 Å². The van der Waals surface area contributed by atoms with Crippen molar-refractivity contribution in [1.82, 2.24) is 0 Å². The Morgan fingerprint density at radius 3 is 2.64 bits per heavy atom. The van der Waals surface area contributed by atoms with E-state index in [0.29, 0.717) is 0 Å². The zero-order chi connectivity index (χ0) is 14.1. The molecule has 0 saturated heterocycles. The van der Waals surface area contributed by atoms with E-state index in [-0.39, 0.29) is 25.0 Å². The Bertz CT molecular complexity index is 429. The smallest absolute Gasteiger partial charge is 0.0626 e. The molecule has 0 aromatic heterocycles. The predicted octanol–water partition coefficient (Wildman–Crippen LogP) is 2.00. The Kier molecular flexibility index (Phi) is 1.30. The van der Waals surface area contributed by atoms with Crippen LogP contribution in [0.3, 0.4) is 0 Å². The molecule has 1 rings (SSSR count). The van der Waals surface area contributed by atoms with Crippen molar-refractivity contribution in [2.75, 3.05) is 6.61 Å². The first-order valence-electron chi connectivity index (χ1n) is 6.92. The summed E-state index contributed by atoms with van der Waals surface area (Å²) in [5.74, 6) is 0. The van der Waals surface area contributed by atoms with E-state index in [0.717, 1.165) is 0 Å². The standard InChI is InChI=1S/C10H14O/c11-9-5-4-8-10-6-2-1-3-7-10/h1-3,6-7,11H,4-5,8-9H2/i1D,2D,3D,6D,7D,8D2. The van der Waals surface area contributed by atoms with Crippen LogP contribution in [0.2, 0.25) is 0 Å². The fraction of sp³-hybridized carbons (Fsp3) is 0.400. The molecule has 0 aliphatic rings. The molecule has 1 aromatic rings. The molecule has 0 amide bonds. The Labute approximate surface area is 77.5 Å². The van der Waals surface area contributed by atoms with Gasteiger partial charge in [0, 0.05) is 9.35 Å². The first-order valence-corrected chi connectivity index (χ1v) is 3.42. The Hall–Kier alpha value is -0.820. The second kappa shape index (κ2) is 4.91. The third-order valence-electron chi connectivity index (χ3n) is 1.14. The van der Waals surface area contributed by atoms with Crippen molar-refractivity contribution in [3.63, 3.8) is 0 Å². The third-order valence-corrected chi connectivity index (χ3v) is 1.14. The van der Waals surface area contributed by atoms with Crippen LogP contribution >= 0.6 is 0 Å². The zero-order valence-electron chi connectivity index (χ0n) is 13.1. The monoisotopic (exact) mass is 157 g/mol. The highest BCUT2D eigenvalue weighted by Crippen LogP contribution is 2.03. The van der Waals surface area contributed by atoms with Gasteiger partial charge in [0.2, 0.25) is 0 Å². The molecule has 0 aliphatic carbocycles. The lowest BCUT2D eigenvalue weighted by molar-refractivity contribution is 0.284. The largest absolute Gasteiger partial charge is 0.396 e. The van der Waals surface area contributed by atoms with Crippen LogP contribution in [-0.4, -0.2) is 11.7 Å². The SMILES string of the molecule is [2H]c1c([2H])c([2H])c(C([2H])([2H])CCCO)c([2H])c1[2H]. The van der Waals surface area contributed by atoms with E-state index in [4.69, 9.17) is 14.7 Å². The Morgan fingerprint density at radius 1 is 1.27 bits per heavy atom. The van der Waals surface area contributed by atoms with E-state index in [1.807, 2.05) is 0 Å². The molecule has 0 spiro atoms. The fourth-order valence-electron chi connectivity index (χ4n) is 0.631. The Balaban J connectivity index is 3.41. The lowest BCUT2D eigenvalue weighted by Crippen LogP contribution is -1.87. The van der Waals surface area contributed by atoms with E-state index in [1.165, 1.54) is 0 Å². The highest BCUT2D eigenvalue weighted by Gasteiger charge is 1.89. The number of benzene rings is 1. The van der Waals surface area contributed by atoms with Crippen LogP contribution in [0.25, 0.3) is 0 Å². The molecule has 0 heterocycles. The van der Waals surface area contributed by atoms with Crippen molar-refractivity contribution in [1.29, 1.82) is 0 Å². The predicted molar refractivity (Wildman–Crippen MR) is 46.5 cm³/mol. The molecule has 11 heavy (non-hydrogen) atoms. The van der Waals surface area contributed by atoms with Crippen molar-refractivity contribution >= 4 is 0 Å². The minimum atomic E-state index is -2.06. The van der Waals surface area contributed by atoms with Crippen molar-refractivity contribution in [3.8, 4) is 0 Å². The molecule has 60 valence electrons. The van der Waals surface area contributed by atoms with Gasteiger partial charge >= 0.3 is 0 Å². The second-order valence-electron chi connectivity index (χ2n) is 2.00. The van der Waals surface area contributed by atoms with E-state index >= 15 is 0 Å². The lowest BCUT2D eigenvalue weighted by atomic mass is 10.1. The molecule has 1 heteroatoms. The van der Waals surface area contributed by atoms with E-state index in [2.05, 4.69) is 0 Å². The number of hydrogen-bond donors (Lipinski definition) is 1. The highest BCUT2D eigenvalue weighted by atomic mass is 16.2. The van der Waals surface area contributed by atoms with Crippen LogP contribution in [0.4, 0.5) is 0 Å². The summed E-state index contributed by atoms with van der Waals surface area (Å²) < 4.78 is 53.3. The number of aliphatic hydroxyl groups excluding tert-OH is 1. The van der Waals surface area contributed by atoms with Crippen LogP contribution in [-0.2, 0) is 6.37 Å². The van der Waals surface area contributed by atoms with Crippen LogP contribution in [0.5, 0.6) is 0 Å². The lowest BCUT2D eigenvalue weighted by Gasteiger charge is -1.97. The molecular formula is C10H14O. The number of rotatable bonds is 4. The molecule has 1 aromatic carbocycles. The first kappa shape index (κ1) is 2.91. The number of hydrogen-bond acceptors (Lipinski definition) is 1. The van der Waals surface area contributed by atoms with Crippen LogP contribution < -0.4 is 0 Å². The summed E-state index contributed by atoms with van der Waals surface area (Å²) in [4.78, 5) is 0. The zero-order valence-corrected chi connectivity index (χ0v) is 6.07.